The minimum absolute atomic E-state index is 0.0555. The summed E-state index contributed by atoms with van der Waals surface area (Å²) < 4.78 is 24.3. The second-order valence-corrected chi connectivity index (χ2v) is 10.9. The maximum Gasteiger partial charge on any atom is 0.273 e. The lowest BCUT2D eigenvalue weighted by molar-refractivity contribution is 0.0689. The zero-order chi connectivity index (χ0) is 18.0. The van der Waals surface area contributed by atoms with Gasteiger partial charge in [-0.05, 0) is 25.0 Å². The molecule has 0 N–H and O–H groups in total. The molecule has 0 spiro atoms. The van der Waals surface area contributed by atoms with Crippen LogP contribution in [0.2, 0.25) is 4.34 Å². The van der Waals surface area contributed by atoms with Crippen LogP contribution in [0.1, 0.15) is 36.7 Å². The molecular formula is C16H19ClN2O3S3. The number of halogens is 1. The number of unbranched alkanes of at least 4 members (excludes halogenated alkanes) is 1. The van der Waals surface area contributed by atoms with Crippen LogP contribution in [0.3, 0.4) is 0 Å². The van der Waals surface area contributed by atoms with E-state index >= 15 is 0 Å². The lowest BCUT2D eigenvalue weighted by Crippen LogP contribution is -2.42. The van der Waals surface area contributed by atoms with Gasteiger partial charge in [-0.15, -0.1) is 22.7 Å². The number of hydrogen-bond acceptors (Lipinski definition) is 6. The van der Waals surface area contributed by atoms with Crippen molar-refractivity contribution < 1.29 is 13.2 Å². The van der Waals surface area contributed by atoms with E-state index in [-0.39, 0.29) is 23.5 Å². The molecule has 9 heteroatoms. The number of hydrogen-bond donors (Lipinski definition) is 0. The van der Waals surface area contributed by atoms with Crippen LogP contribution >= 0.6 is 34.3 Å². The predicted molar refractivity (Wildman–Crippen MR) is 103 cm³/mol. The molecule has 0 aliphatic carbocycles. The highest BCUT2D eigenvalue weighted by atomic mass is 35.5. The number of carbonyl (C=O) groups excluding carboxylic acids is 1. The highest BCUT2D eigenvalue weighted by molar-refractivity contribution is 7.91. The average molecular weight is 419 g/mol. The molecule has 0 saturated carbocycles. The Bertz CT molecular complexity index is 860. The molecule has 1 fully saturated rings. The van der Waals surface area contributed by atoms with Crippen LogP contribution in [0.4, 0.5) is 0 Å². The van der Waals surface area contributed by atoms with Crippen molar-refractivity contribution in [3.05, 3.63) is 27.5 Å². The summed E-state index contributed by atoms with van der Waals surface area (Å²) in [5.74, 6) is 0.0320. The summed E-state index contributed by atoms with van der Waals surface area (Å²) in [5.41, 5.74) is 0.380. The van der Waals surface area contributed by atoms with E-state index in [1.807, 2.05) is 6.07 Å². The van der Waals surface area contributed by atoms with Gasteiger partial charge < -0.3 is 4.90 Å². The van der Waals surface area contributed by atoms with Crippen molar-refractivity contribution in [3.8, 4) is 9.88 Å². The monoisotopic (exact) mass is 418 g/mol. The van der Waals surface area contributed by atoms with Crippen molar-refractivity contribution in [3.63, 3.8) is 0 Å². The van der Waals surface area contributed by atoms with E-state index in [0.717, 1.165) is 22.7 Å². The van der Waals surface area contributed by atoms with Gasteiger partial charge >= 0.3 is 0 Å². The Morgan fingerprint density at radius 2 is 2.24 bits per heavy atom. The third kappa shape index (κ3) is 4.42. The smallest absolute Gasteiger partial charge is 0.273 e. The second kappa shape index (κ2) is 7.73. The Labute approximate surface area is 160 Å². The van der Waals surface area contributed by atoms with Gasteiger partial charge in [0.2, 0.25) is 0 Å². The zero-order valence-electron chi connectivity index (χ0n) is 13.8. The fraction of sp³-hybridized carbons (Fsp3) is 0.500. The molecule has 5 nitrogen and oxygen atoms in total. The van der Waals surface area contributed by atoms with E-state index < -0.39 is 9.84 Å². The number of sulfone groups is 1. The number of thiazole rings is 1. The SMILES string of the molecule is CCCCN(C(=O)c1csc(-c2ccc(Cl)s2)n1)[C@@H]1CCS(=O)(=O)C1. The largest absolute Gasteiger partial charge is 0.333 e. The van der Waals surface area contributed by atoms with E-state index in [4.69, 9.17) is 11.6 Å². The van der Waals surface area contributed by atoms with Gasteiger partial charge in [0.1, 0.15) is 10.7 Å². The summed E-state index contributed by atoms with van der Waals surface area (Å²) in [5, 5.41) is 2.50. The summed E-state index contributed by atoms with van der Waals surface area (Å²) in [6.07, 6.45) is 2.30. The van der Waals surface area contributed by atoms with E-state index in [1.54, 1.807) is 16.3 Å². The van der Waals surface area contributed by atoms with Crippen LogP contribution in [0.5, 0.6) is 0 Å². The molecule has 1 saturated heterocycles. The van der Waals surface area contributed by atoms with Crippen molar-refractivity contribution >= 4 is 50.0 Å². The molecule has 25 heavy (non-hydrogen) atoms. The van der Waals surface area contributed by atoms with Crippen molar-refractivity contribution in [2.75, 3.05) is 18.1 Å². The van der Waals surface area contributed by atoms with Crippen molar-refractivity contribution in [1.82, 2.24) is 9.88 Å². The Kier molecular flexibility index (Phi) is 5.82. The number of rotatable bonds is 6. The van der Waals surface area contributed by atoms with Gasteiger partial charge in [0.15, 0.2) is 9.84 Å². The molecular weight excluding hydrogens is 400 g/mol. The average Bonchev–Trinajstić information content (AvgIpc) is 3.27. The van der Waals surface area contributed by atoms with Gasteiger partial charge in [-0.1, -0.05) is 24.9 Å². The third-order valence-corrected chi connectivity index (χ3v) is 8.16. The quantitative estimate of drug-likeness (QED) is 0.712. The normalized spacial score (nSPS) is 19.2. The van der Waals surface area contributed by atoms with Crippen LogP contribution < -0.4 is 0 Å². The predicted octanol–water partition coefficient (Wildman–Crippen LogP) is 3.95. The van der Waals surface area contributed by atoms with Crippen LogP contribution in [-0.4, -0.2) is 48.3 Å². The van der Waals surface area contributed by atoms with Crippen molar-refractivity contribution in [2.45, 2.75) is 32.2 Å². The molecule has 1 amide bonds. The van der Waals surface area contributed by atoms with Gasteiger partial charge in [0, 0.05) is 18.0 Å². The Hall–Kier alpha value is -0.960. The highest BCUT2D eigenvalue weighted by Crippen LogP contribution is 2.33. The van der Waals surface area contributed by atoms with Gasteiger partial charge in [0.05, 0.1) is 20.7 Å². The first-order chi connectivity index (χ1) is 11.9. The van der Waals surface area contributed by atoms with Gasteiger partial charge in [-0.3, -0.25) is 4.79 Å². The van der Waals surface area contributed by atoms with Gasteiger partial charge in [-0.2, -0.15) is 0 Å². The zero-order valence-corrected chi connectivity index (χ0v) is 17.0. The van der Waals surface area contributed by atoms with Crippen LogP contribution in [0.25, 0.3) is 9.88 Å². The van der Waals surface area contributed by atoms with Crippen molar-refractivity contribution in [1.29, 1.82) is 0 Å². The molecule has 1 atom stereocenters. The standard InChI is InChI=1S/C16H19ClN2O3S3/c1-2-3-7-19(11-6-8-25(21,22)10-11)16(20)12-9-23-15(18-12)13-4-5-14(17)24-13/h4-5,9,11H,2-3,6-8,10H2,1H3/t11-/m1/s1. The Morgan fingerprint density at radius 3 is 2.84 bits per heavy atom. The maximum atomic E-state index is 13.0. The molecule has 1 aliphatic rings. The first kappa shape index (κ1) is 18.8. The molecule has 136 valence electrons. The Balaban J connectivity index is 1.81. The number of thiophene rings is 1. The first-order valence-electron chi connectivity index (χ1n) is 8.12. The molecule has 0 radical (unpaired) electrons. The minimum Gasteiger partial charge on any atom is -0.333 e. The molecule has 2 aromatic heterocycles. The molecule has 3 rings (SSSR count). The van der Waals surface area contributed by atoms with E-state index in [9.17, 15) is 13.2 Å². The third-order valence-electron chi connectivity index (χ3n) is 4.17. The van der Waals surface area contributed by atoms with E-state index in [1.165, 1.54) is 22.7 Å². The van der Waals surface area contributed by atoms with Crippen LogP contribution in [-0.2, 0) is 9.84 Å². The van der Waals surface area contributed by atoms with Crippen LogP contribution in [0.15, 0.2) is 17.5 Å². The fourth-order valence-electron chi connectivity index (χ4n) is 2.86. The summed E-state index contributed by atoms with van der Waals surface area (Å²) in [6.45, 7) is 2.61. The number of nitrogens with zero attached hydrogens (tertiary/aromatic N) is 2. The molecule has 1 aliphatic heterocycles. The maximum absolute atomic E-state index is 13.0. The fourth-order valence-corrected chi connectivity index (χ4v) is 6.50. The Morgan fingerprint density at radius 1 is 1.44 bits per heavy atom. The summed E-state index contributed by atoms with van der Waals surface area (Å²) in [6, 6.07) is 3.45. The second-order valence-electron chi connectivity index (χ2n) is 6.05. The molecule has 0 unspecified atom stereocenters. The summed E-state index contributed by atoms with van der Waals surface area (Å²) in [7, 11) is -3.04. The van der Waals surface area contributed by atoms with E-state index in [0.29, 0.717) is 23.0 Å². The first-order valence-corrected chi connectivity index (χ1v) is 12.0. The number of carbonyl (C=O) groups is 1. The van der Waals surface area contributed by atoms with Gasteiger partial charge in [0.25, 0.3) is 5.91 Å². The number of aromatic nitrogens is 1. The molecule has 2 aromatic rings. The van der Waals surface area contributed by atoms with Crippen LogP contribution in [0, 0.1) is 0 Å². The molecule has 3 heterocycles. The number of amides is 1. The lowest BCUT2D eigenvalue weighted by Gasteiger charge is -2.27. The van der Waals surface area contributed by atoms with Crippen molar-refractivity contribution in [2.24, 2.45) is 0 Å². The van der Waals surface area contributed by atoms with Gasteiger partial charge in [-0.25, -0.2) is 13.4 Å². The summed E-state index contributed by atoms with van der Waals surface area (Å²) >= 11 is 8.79. The molecule has 0 aromatic carbocycles. The minimum atomic E-state index is -3.04. The highest BCUT2D eigenvalue weighted by Gasteiger charge is 2.35. The summed E-state index contributed by atoms with van der Waals surface area (Å²) in [4.78, 5) is 20.0. The molecule has 0 bridgehead atoms. The topological polar surface area (TPSA) is 67.3 Å². The lowest BCUT2D eigenvalue weighted by atomic mass is 10.2. The van der Waals surface area contributed by atoms with E-state index in [2.05, 4.69) is 11.9 Å².